The molecule has 1 aliphatic carbocycles. The molecule has 0 unspecified atom stereocenters. The van der Waals surface area contributed by atoms with Crippen LogP contribution >= 0.6 is 0 Å². The second kappa shape index (κ2) is 6.33. The van der Waals surface area contributed by atoms with E-state index >= 15 is 0 Å². The van der Waals surface area contributed by atoms with Gasteiger partial charge in [0.2, 0.25) is 0 Å². The van der Waals surface area contributed by atoms with E-state index < -0.39 is 0 Å². The summed E-state index contributed by atoms with van der Waals surface area (Å²) in [7, 11) is 2.07. The van der Waals surface area contributed by atoms with Crippen molar-refractivity contribution in [1.29, 1.82) is 0 Å². The fourth-order valence-electron chi connectivity index (χ4n) is 2.82. The van der Waals surface area contributed by atoms with Gasteiger partial charge in [-0.15, -0.1) is 0 Å². The second-order valence-corrected chi connectivity index (χ2v) is 5.90. The van der Waals surface area contributed by atoms with Gasteiger partial charge in [-0.1, -0.05) is 26.7 Å². The second-order valence-electron chi connectivity index (χ2n) is 5.90. The van der Waals surface area contributed by atoms with Crippen LogP contribution in [0.2, 0.25) is 0 Å². The number of hydrogen-bond donors (Lipinski definition) is 1. The lowest BCUT2D eigenvalue weighted by Gasteiger charge is -2.24. The molecule has 0 saturated heterocycles. The first-order valence-corrected chi connectivity index (χ1v) is 7.29. The molecule has 0 aromatic carbocycles. The quantitative estimate of drug-likeness (QED) is 0.887. The molecule has 1 aliphatic rings. The highest BCUT2D eigenvalue weighted by molar-refractivity contribution is 5.48. The molecule has 0 bridgehead atoms. The predicted molar refractivity (Wildman–Crippen MR) is 77.3 cm³/mol. The summed E-state index contributed by atoms with van der Waals surface area (Å²) >= 11 is 0. The Morgan fingerprint density at radius 3 is 2.63 bits per heavy atom. The smallest absolute Gasteiger partial charge is 0.131 e. The van der Waals surface area contributed by atoms with Crippen molar-refractivity contribution < 1.29 is 5.11 Å². The molecule has 1 saturated carbocycles. The maximum absolute atomic E-state index is 9.52. The van der Waals surface area contributed by atoms with Crippen molar-refractivity contribution in [3.8, 4) is 0 Å². The first-order chi connectivity index (χ1) is 9.11. The number of rotatable bonds is 5. The zero-order chi connectivity index (χ0) is 13.8. The summed E-state index contributed by atoms with van der Waals surface area (Å²) < 4.78 is 0. The Bertz CT molecular complexity index is 414. The Balaban J connectivity index is 2.13. The van der Waals surface area contributed by atoms with Gasteiger partial charge in [0.05, 0.1) is 24.2 Å². The van der Waals surface area contributed by atoms with E-state index in [9.17, 15) is 5.11 Å². The van der Waals surface area contributed by atoms with Crippen LogP contribution in [0.4, 0.5) is 5.69 Å². The van der Waals surface area contributed by atoms with Gasteiger partial charge in [-0.3, -0.25) is 0 Å². The van der Waals surface area contributed by atoms with Crippen LogP contribution in [-0.4, -0.2) is 28.7 Å². The van der Waals surface area contributed by atoms with E-state index in [0.717, 1.165) is 29.7 Å². The van der Waals surface area contributed by atoms with E-state index in [-0.39, 0.29) is 6.61 Å². The summed E-state index contributed by atoms with van der Waals surface area (Å²) in [5.41, 5.74) is 1.72. The lowest BCUT2D eigenvalue weighted by Crippen LogP contribution is -2.26. The lowest BCUT2D eigenvalue weighted by atomic mass is 10.1. The number of hydrogen-bond acceptors (Lipinski definition) is 4. The normalized spacial score (nSPS) is 16.3. The van der Waals surface area contributed by atoms with Gasteiger partial charge < -0.3 is 10.0 Å². The first-order valence-electron chi connectivity index (χ1n) is 7.29. The molecule has 0 radical (unpaired) electrons. The van der Waals surface area contributed by atoms with Crippen LogP contribution in [0.1, 0.15) is 57.0 Å². The molecule has 2 rings (SSSR count). The Labute approximate surface area is 115 Å². The molecular formula is C15H25N3O. The fourth-order valence-corrected chi connectivity index (χ4v) is 2.82. The van der Waals surface area contributed by atoms with Crippen LogP contribution in [0.15, 0.2) is 6.20 Å². The number of aliphatic hydroxyl groups is 1. The molecule has 4 heteroatoms. The molecule has 1 heterocycles. The van der Waals surface area contributed by atoms with Crippen LogP contribution < -0.4 is 4.90 Å². The van der Waals surface area contributed by atoms with Crippen molar-refractivity contribution in [3.63, 3.8) is 0 Å². The molecule has 19 heavy (non-hydrogen) atoms. The van der Waals surface area contributed by atoms with Crippen LogP contribution in [-0.2, 0) is 6.61 Å². The van der Waals surface area contributed by atoms with E-state index in [1.807, 2.05) is 6.20 Å². The largest absolute Gasteiger partial charge is 0.390 e. The van der Waals surface area contributed by atoms with E-state index in [1.165, 1.54) is 25.7 Å². The minimum absolute atomic E-state index is 0.0212. The summed E-state index contributed by atoms with van der Waals surface area (Å²) in [6.45, 7) is 5.15. The van der Waals surface area contributed by atoms with Crippen molar-refractivity contribution in [3.05, 3.63) is 17.7 Å². The molecule has 1 aromatic heterocycles. The van der Waals surface area contributed by atoms with Crippen molar-refractivity contribution in [2.24, 2.45) is 5.92 Å². The Morgan fingerprint density at radius 2 is 2.05 bits per heavy atom. The first kappa shape index (κ1) is 14.3. The number of anilines is 1. The predicted octanol–water partition coefficient (Wildman–Crippen LogP) is 2.72. The summed E-state index contributed by atoms with van der Waals surface area (Å²) in [5, 5.41) is 9.52. The van der Waals surface area contributed by atoms with Crippen LogP contribution in [0.3, 0.4) is 0 Å². The lowest BCUT2D eigenvalue weighted by molar-refractivity contribution is 0.276. The monoisotopic (exact) mass is 263 g/mol. The van der Waals surface area contributed by atoms with Crippen molar-refractivity contribution in [2.75, 3.05) is 18.5 Å². The minimum atomic E-state index is -0.0212. The number of aliphatic hydroxyl groups excluding tert-OH is 1. The Kier molecular flexibility index (Phi) is 4.75. The topological polar surface area (TPSA) is 49.2 Å². The van der Waals surface area contributed by atoms with Crippen LogP contribution in [0.25, 0.3) is 0 Å². The number of nitrogens with zero attached hydrogens (tertiary/aromatic N) is 3. The van der Waals surface area contributed by atoms with E-state index in [4.69, 9.17) is 0 Å². The minimum Gasteiger partial charge on any atom is -0.390 e. The fraction of sp³-hybridized carbons (Fsp3) is 0.733. The molecular weight excluding hydrogens is 238 g/mol. The highest BCUT2D eigenvalue weighted by atomic mass is 16.3. The van der Waals surface area contributed by atoms with Gasteiger partial charge in [0.1, 0.15) is 5.82 Å². The highest BCUT2D eigenvalue weighted by Crippen LogP contribution is 2.27. The average molecular weight is 263 g/mol. The standard InChI is InChI=1S/C15H25N3O/c1-11(2)15-16-8-14(13(10-19)17-15)18(3)9-12-6-4-5-7-12/h8,11-12,19H,4-7,9-10H2,1-3H3. The summed E-state index contributed by atoms with van der Waals surface area (Å²) in [6.07, 6.45) is 7.22. The van der Waals surface area contributed by atoms with Gasteiger partial charge >= 0.3 is 0 Å². The zero-order valence-corrected chi connectivity index (χ0v) is 12.3. The molecule has 1 aromatic rings. The molecule has 1 fully saturated rings. The van der Waals surface area contributed by atoms with Gasteiger partial charge in [-0.2, -0.15) is 0 Å². The average Bonchev–Trinajstić information content (AvgIpc) is 2.90. The van der Waals surface area contributed by atoms with E-state index in [1.54, 1.807) is 0 Å². The third-order valence-electron chi connectivity index (χ3n) is 3.95. The van der Waals surface area contributed by atoms with Crippen LogP contribution in [0, 0.1) is 5.92 Å². The van der Waals surface area contributed by atoms with Crippen molar-refractivity contribution in [2.45, 2.75) is 52.1 Å². The van der Waals surface area contributed by atoms with E-state index in [0.29, 0.717) is 5.92 Å². The number of aromatic nitrogens is 2. The molecule has 0 spiro atoms. The third-order valence-corrected chi connectivity index (χ3v) is 3.95. The third kappa shape index (κ3) is 3.44. The Morgan fingerprint density at radius 1 is 1.37 bits per heavy atom. The Hall–Kier alpha value is -1.16. The molecule has 0 amide bonds. The van der Waals surface area contributed by atoms with Gasteiger partial charge in [0, 0.05) is 19.5 Å². The molecule has 106 valence electrons. The zero-order valence-electron chi connectivity index (χ0n) is 12.3. The molecule has 0 atom stereocenters. The maximum Gasteiger partial charge on any atom is 0.131 e. The van der Waals surface area contributed by atoms with E-state index in [2.05, 4.69) is 35.8 Å². The molecule has 1 N–H and O–H groups in total. The summed E-state index contributed by atoms with van der Waals surface area (Å²) in [6, 6.07) is 0. The summed E-state index contributed by atoms with van der Waals surface area (Å²) in [4.78, 5) is 11.1. The van der Waals surface area contributed by atoms with Gasteiger partial charge in [0.25, 0.3) is 0 Å². The molecule has 4 nitrogen and oxygen atoms in total. The van der Waals surface area contributed by atoms with Gasteiger partial charge in [0.15, 0.2) is 0 Å². The summed E-state index contributed by atoms with van der Waals surface area (Å²) in [5.74, 6) is 1.88. The maximum atomic E-state index is 9.52. The van der Waals surface area contributed by atoms with Crippen molar-refractivity contribution in [1.82, 2.24) is 9.97 Å². The van der Waals surface area contributed by atoms with Crippen molar-refractivity contribution >= 4 is 5.69 Å². The highest BCUT2D eigenvalue weighted by Gasteiger charge is 2.19. The van der Waals surface area contributed by atoms with Crippen LogP contribution in [0.5, 0.6) is 0 Å². The van der Waals surface area contributed by atoms with Gasteiger partial charge in [-0.05, 0) is 18.8 Å². The SMILES string of the molecule is CC(C)c1ncc(N(C)CC2CCCC2)c(CO)n1. The molecule has 0 aliphatic heterocycles. The van der Waals surface area contributed by atoms with Gasteiger partial charge in [-0.25, -0.2) is 9.97 Å².